The molecule has 2 aromatic carbocycles. The number of aromatic nitrogens is 1. The Morgan fingerprint density at radius 1 is 0.966 bits per heavy atom. The molecule has 150 valence electrons. The number of para-hydroxylation sites is 2. The average molecular weight is 393 g/mol. The summed E-state index contributed by atoms with van der Waals surface area (Å²) >= 11 is 0. The molecule has 0 aliphatic carbocycles. The molecule has 7 heteroatoms. The van der Waals surface area contributed by atoms with E-state index in [1.807, 2.05) is 31.2 Å². The number of hydrogen-bond donors (Lipinski definition) is 2. The fourth-order valence-electron chi connectivity index (χ4n) is 2.70. The number of pyridine rings is 1. The first kappa shape index (κ1) is 20.0. The molecule has 0 atom stereocenters. The largest absolute Gasteiger partial charge is 0.497 e. The van der Waals surface area contributed by atoms with Crippen molar-refractivity contribution in [1.82, 2.24) is 4.98 Å². The Bertz CT molecular complexity index is 974. The molecule has 1 heterocycles. The Morgan fingerprint density at radius 2 is 1.79 bits per heavy atom. The molecule has 7 nitrogen and oxygen atoms in total. The van der Waals surface area contributed by atoms with Gasteiger partial charge in [-0.2, -0.15) is 0 Å². The molecule has 1 aromatic heterocycles. The molecule has 0 fully saturated rings. The molecule has 2 N–H and O–H groups in total. The molecular weight excluding hydrogens is 370 g/mol. The van der Waals surface area contributed by atoms with Crippen molar-refractivity contribution < 1.29 is 19.0 Å². The van der Waals surface area contributed by atoms with Crippen LogP contribution in [0.4, 0.5) is 17.2 Å². The molecule has 0 saturated carbocycles. The van der Waals surface area contributed by atoms with Gasteiger partial charge >= 0.3 is 0 Å². The zero-order valence-electron chi connectivity index (χ0n) is 16.6. The second-order valence-electron chi connectivity index (χ2n) is 6.01. The van der Waals surface area contributed by atoms with Crippen LogP contribution in [-0.4, -0.2) is 31.7 Å². The summed E-state index contributed by atoms with van der Waals surface area (Å²) in [6.45, 7) is 2.50. The van der Waals surface area contributed by atoms with Crippen LogP contribution in [0.2, 0.25) is 0 Å². The van der Waals surface area contributed by atoms with Gasteiger partial charge in [-0.05, 0) is 43.3 Å². The van der Waals surface area contributed by atoms with E-state index in [0.29, 0.717) is 35.2 Å². The highest BCUT2D eigenvalue weighted by molar-refractivity contribution is 6.05. The van der Waals surface area contributed by atoms with Gasteiger partial charge in [-0.3, -0.25) is 4.79 Å². The Morgan fingerprint density at radius 3 is 2.48 bits per heavy atom. The predicted octanol–water partition coefficient (Wildman–Crippen LogP) is 4.49. The number of nitrogens with zero attached hydrogens (tertiary/aromatic N) is 1. The number of benzene rings is 2. The lowest BCUT2D eigenvalue weighted by Crippen LogP contribution is -2.13. The molecule has 0 bridgehead atoms. The maximum absolute atomic E-state index is 12.6. The lowest BCUT2D eigenvalue weighted by Gasteiger charge is -2.13. The fraction of sp³-hybridized carbons (Fsp3) is 0.182. The van der Waals surface area contributed by atoms with Crippen LogP contribution < -0.4 is 24.8 Å². The van der Waals surface area contributed by atoms with Gasteiger partial charge in [0, 0.05) is 12.3 Å². The van der Waals surface area contributed by atoms with E-state index in [-0.39, 0.29) is 5.91 Å². The summed E-state index contributed by atoms with van der Waals surface area (Å²) in [4.78, 5) is 16.9. The second-order valence-corrected chi connectivity index (χ2v) is 6.01. The summed E-state index contributed by atoms with van der Waals surface area (Å²) in [5.74, 6) is 2.20. The van der Waals surface area contributed by atoms with E-state index >= 15 is 0 Å². The Labute approximate surface area is 169 Å². The first-order valence-electron chi connectivity index (χ1n) is 9.13. The number of amides is 1. The number of anilines is 3. The van der Waals surface area contributed by atoms with Gasteiger partial charge in [-0.25, -0.2) is 4.98 Å². The second kappa shape index (κ2) is 9.45. The maximum Gasteiger partial charge on any atom is 0.257 e. The molecular formula is C22H23N3O4. The third-order valence-electron chi connectivity index (χ3n) is 4.13. The minimum atomic E-state index is -0.301. The smallest absolute Gasteiger partial charge is 0.257 e. The summed E-state index contributed by atoms with van der Waals surface area (Å²) < 4.78 is 16.1. The number of nitrogens with one attached hydrogen (secondary N) is 2. The van der Waals surface area contributed by atoms with E-state index < -0.39 is 0 Å². The van der Waals surface area contributed by atoms with Crippen molar-refractivity contribution in [3.8, 4) is 17.2 Å². The standard InChI is InChI=1S/C22H23N3O4/c1-4-29-20-8-6-5-7-17(20)24-21-12-9-15(14-23-21)22(26)25-18-13-16(27-2)10-11-19(18)28-3/h5-14H,4H2,1-3H3,(H,23,24)(H,25,26). The number of carbonyl (C=O) groups excluding carboxylic acids is 1. The highest BCUT2D eigenvalue weighted by atomic mass is 16.5. The lowest BCUT2D eigenvalue weighted by atomic mass is 10.2. The van der Waals surface area contributed by atoms with Crippen LogP contribution in [0.25, 0.3) is 0 Å². The van der Waals surface area contributed by atoms with Gasteiger partial charge in [0.1, 0.15) is 23.1 Å². The maximum atomic E-state index is 12.6. The van der Waals surface area contributed by atoms with E-state index in [1.165, 1.54) is 6.20 Å². The van der Waals surface area contributed by atoms with Crippen molar-refractivity contribution in [2.24, 2.45) is 0 Å². The highest BCUT2D eigenvalue weighted by Gasteiger charge is 2.12. The van der Waals surface area contributed by atoms with Crippen molar-refractivity contribution in [2.75, 3.05) is 31.5 Å². The highest BCUT2D eigenvalue weighted by Crippen LogP contribution is 2.30. The van der Waals surface area contributed by atoms with E-state index in [0.717, 1.165) is 11.4 Å². The van der Waals surface area contributed by atoms with E-state index in [2.05, 4.69) is 15.6 Å². The van der Waals surface area contributed by atoms with Crippen molar-refractivity contribution >= 4 is 23.1 Å². The van der Waals surface area contributed by atoms with Crippen molar-refractivity contribution in [3.05, 3.63) is 66.4 Å². The van der Waals surface area contributed by atoms with Crippen LogP contribution in [0.1, 0.15) is 17.3 Å². The van der Waals surface area contributed by atoms with E-state index in [1.54, 1.807) is 44.6 Å². The minimum Gasteiger partial charge on any atom is -0.497 e. The Kier molecular flexibility index (Phi) is 6.52. The zero-order chi connectivity index (χ0) is 20.6. The average Bonchev–Trinajstić information content (AvgIpc) is 2.75. The molecule has 1 amide bonds. The molecule has 0 unspecified atom stereocenters. The number of ether oxygens (including phenoxy) is 3. The van der Waals surface area contributed by atoms with E-state index in [9.17, 15) is 4.79 Å². The summed E-state index contributed by atoms with van der Waals surface area (Å²) in [6.07, 6.45) is 1.51. The molecule has 0 saturated heterocycles. The lowest BCUT2D eigenvalue weighted by molar-refractivity contribution is 0.102. The molecule has 3 aromatic rings. The summed E-state index contributed by atoms with van der Waals surface area (Å²) in [7, 11) is 3.10. The van der Waals surface area contributed by atoms with Crippen LogP contribution in [0.3, 0.4) is 0 Å². The van der Waals surface area contributed by atoms with Gasteiger partial charge in [-0.1, -0.05) is 12.1 Å². The summed E-state index contributed by atoms with van der Waals surface area (Å²) in [5.41, 5.74) is 1.74. The fourth-order valence-corrected chi connectivity index (χ4v) is 2.70. The Hall–Kier alpha value is -3.74. The van der Waals surface area contributed by atoms with Crippen LogP contribution in [-0.2, 0) is 0 Å². The first-order valence-corrected chi connectivity index (χ1v) is 9.13. The van der Waals surface area contributed by atoms with Gasteiger partial charge in [-0.15, -0.1) is 0 Å². The first-order chi connectivity index (χ1) is 14.1. The van der Waals surface area contributed by atoms with E-state index in [4.69, 9.17) is 14.2 Å². The van der Waals surface area contributed by atoms with Crippen LogP contribution >= 0.6 is 0 Å². The quantitative estimate of drug-likeness (QED) is 0.587. The van der Waals surface area contributed by atoms with Gasteiger partial charge in [0.25, 0.3) is 5.91 Å². The molecule has 29 heavy (non-hydrogen) atoms. The van der Waals surface area contributed by atoms with Gasteiger partial charge in [0.15, 0.2) is 0 Å². The zero-order valence-corrected chi connectivity index (χ0v) is 16.6. The van der Waals surface area contributed by atoms with Gasteiger partial charge in [0.05, 0.1) is 37.8 Å². The van der Waals surface area contributed by atoms with Gasteiger partial charge in [0.2, 0.25) is 0 Å². The topological polar surface area (TPSA) is 81.7 Å². The molecule has 0 radical (unpaired) electrons. The molecule has 0 spiro atoms. The van der Waals surface area contributed by atoms with Gasteiger partial charge < -0.3 is 24.8 Å². The summed E-state index contributed by atoms with van der Waals surface area (Å²) in [6, 6.07) is 16.2. The normalized spacial score (nSPS) is 10.2. The third-order valence-corrected chi connectivity index (χ3v) is 4.13. The number of carbonyl (C=O) groups is 1. The Balaban J connectivity index is 1.73. The predicted molar refractivity (Wildman–Crippen MR) is 113 cm³/mol. The van der Waals surface area contributed by atoms with Crippen LogP contribution in [0, 0.1) is 0 Å². The van der Waals surface area contributed by atoms with Crippen molar-refractivity contribution in [1.29, 1.82) is 0 Å². The third kappa shape index (κ3) is 4.95. The number of rotatable bonds is 8. The monoisotopic (exact) mass is 393 g/mol. The summed E-state index contributed by atoms with van der Waals surface area (Å²) in [5, 5.41) is 6.03. The van der Waals surface area contributed by atoms with Crippen LogP contribution in [0.15, 0.2) is 60.8 Å². The molecule has 3 rings (SSSR count). The number of hydrogen-bond acceptors (Lipinski definition) is 6. The number of methoxy groups -OCH3 is 2. The molecule has 0 aliphatic heterocycles. The SMILES string of the molecule is CCOc1ccccc1Nc1ccc(C(=O)Nc2cc(OC)ccc2OC)cn1. The minimum absolute atomic E-state index is 0.301. The van der Waals surface area contributed by atoms with Crippen molar-refractivity contribution in [2.45, 2.75) is 6.92 Å². The molecule has 0 aliphatic rings. The van der Waals surface area contributed by atoms with Crippen molar-refractivity contribution in [3.63, 3.8) is 0 Å². The van der Waals surface area contributed by atoms with Crippen LogP contribution in [0.5, 0.6) is 17.2 Å².